The van der Waals surface area contributed by atoms with Crippen LogP contribution in [-0.2, 0) is 17.7 Å². The Morgan fingerprint density at radius 3 is 2.56 bits per heavy atom. The second kappa shape index (κ2) is 8.90. The van der Waals surface area contributed by atoms with Crippen molar-refractivity contribution in [3.63, 3.8) is 0 Å². The molecule has 172 valence electrons. The zero-order valence-electron chi connectivity index (χ0n) is 19.5. The summed E-state index contributed by atoms with van der Waals surface area (Å²) in [6.45, 7) is 12.0. The molecule has 1 saturated heterocycles. The predicted octanol–water partition coefficient (Wildman–Crippen LogP) is 2.30. The van der Waals surface area contributed by atoms with Crippen LogP contribution >= 0.6 is 0 Å². The lowest BCUT2D eigenvalue weighted by Gasteiger charge is -2.35. The van der Waals surface area contributed by atoms with Gasteiger partial charge in [-0.05, 0) is 58.2 Å². The molecule has 0 saturated carbocycles. The number of nitrogens with zero attached hydrogens (tertiary/aromatic N) is 5. The number of carbonyl (C=O) groups is 2. The maximum absolute atomic E-state index is 13.2. The lowest BCUT2D eigenvalue weighted by Crippen LogP contribution is -2.48. The van der Waals surface area contributed by atoms with Crippen LogP contribution in [0.25, 0.3) is 5.69 Å². The molecule has 9 nitrogen and oxygen atoms in total. The summed E-state index contributed by atoms with van der Waals surface area (Å²) in [7, 11) is 0. The summed E-state index contributed by atoms with van der Waals surface area (Å²) in [5.74, 6) is -0.114. The number of urea groups is 1. The third-order valence-electron chi connectivity index (χ3n) is 5.97. The minimum atomic E-state index is -0.114. The fourth-order valence-corrected chi connectivity index (χ4v) is 4.55. The molecule has 9 heteroatoms. The number of hydrogen-bond acceptors (Lipinski definition) is 5. The van der Waals surface area contributed by atoms with Gasteiger partial charge in [-0.15, -0.1) is 5.10 Å². The number of morpholine rings is 1. The second-order valence-corrected chi connectivity index (χ2v) is 9.09. The van der Waals surface area contributed by atoms with E-state index in [-0.39, 0.29) is 30.2 Å². The van der Waals surface area contributed by atoms with E-state index in [0.717, 1.165) is 28.9 Å². The fourth-order valence-electron chi connectivity index (χ4n) is 4.55. The third-order valence-corrected chi connectivity index (χ3v) is 5.97. The summed E-state index contributed by atoms with van der Waals surface area (Å²) in [6.07, 6.45) is 0.711. The molecule has 0 bridgehead atoms. The topological polar surface area (TPSA) is 92.6 Å². The van der Waals surface area contributed by atoms with Crippen molar-refractivity contribution in [3.8, 4) is 5.69 Å². The molecule has 0 radical (unpaired) electrons. The average molecular weight is 441 g/mol. The Morgan fingerprint density at radius 2 is 1.88 bits per heavy atom. The molecule has 2 atom stereocenters. The molecule has 0 aliphatic carbocycles. The molecule has 1 aromatic carbocycles. The van der Waals surface area contributed by atoms with Crippen LogP contribution in [0.2, 0.25) is 0 Å². The number of rotatable bonds is 3. The lowest BCUT2D eigenvalue weighted by molar-refractivity contribution is -0.0587. The summed E-state index contributed by atoms with van der Waals surface area (Å²) in [4.78, 5) is 29.2. The Morgan fingerprint density at radius 1 is 1.16 bits per heavy atom. The molecule has 2 aliphatic rings. The van der Waals surface area contributed by atoms with E-state index in [0.29, 0.717) is 31.9 Å². The van der Waals surface area contributed by atoms with Crippen LogP contribution in [0.5, 0.6) is 0 Å². The largest absolute Gasteiger partial charge is 0.372 e. The van der Waals surface area contributed by atoms with Crippen LogP contribution in [0.4, 0.5) is 4.79 Å². The third kappa shape index (κ3) is 4.34. The molecule has 1 N–H and O–H groups in total. The molecule has 3 heterocycles. The zero-order valence-corrected chi connectivity index (χ0v) is 19.5. The average Bonchev–Trinajstić information content (AvgIpc) is 3.12. The van der Waals surface area contributed by atoms with Gasteiger partial charge < -0.3 is 19.9 Å². The highest BCUT2D eigenvalue weighted by molar-refractivity contribution is 5.93. The lowest BCUT2D eigenvalue weighted by atomic mass is 9.97. The first-order valence-corrected chi connectivity index (χ1v) is 11.3. The van der Waals surface area contributed by atoms with Crippen molar-refractivity contribution in [2.75, 3.05) is 19.6 Å². The van der Waals surface area contributed by atoms with Gasteiger partial charge in [-0.2, -0.15) is 0 Å². The molecule has 2 aliphatic heterocycles. The van der Waals surface area contributed by atoms with E-state index in [9.17, 15) is 9.59 Å². The standard InChI is InChI=1S/C23H32N6O3/c1-14(2)24-23(31)27-10-9-19-18(13-27)7-6-8-20(19)29-17(5)21(25-26-29)22(30)28-11-15(3)32-16(4)12-28/h6-8,14-16H,9-13H2,1-5H3,(H,24,31)/t15-,16-/m1/s1. The normalized spacial score (nSPS) is 20.9. The molecule has 3 amide bonds. The summed E-state index contributed by atoms with van der Waals surface area (Å²) in [5, 5.41) is 11.5. The summed E-state index contributed by atoms with van der Waals surface area (Å²) in [6, 6.07) is 6.06. The first-order chi connectivity index (χ1) is 15.2. The molecule has 32 heavy (non-hydrogen) atoms. The quantitative estimate of drug-likeness (QED) is 0.791. The highest BCUT2D eigenvalue weighted by atomic mass is 16.5. The minimum Gasteiger partial charge on any atom is -0.372 e. The molecule has 2 aromatic rings. The number of amides is 3. The van der Waals surface area contributed by atoms with Gasteiger partial charge in [0.1, 0.15) is 0 Å². The van der Waals surface area contributed by atoms with Gasteiger partial charge in [0, 0.05) is 32.2 Å². The van der Waals surface area contributed by atoms with Crippen LogP contribution < -0.4 is 5.32 Å². The van der Waals surface area contributed by atoms with Crippen LogP contribution in [0, 0.1) is 6.92 Å². The van der Waals surface area contributed by atoms with E-state index < -0.39 is 0 Å². The zero-order chi connectivity index (χ0) is 23.0. The van der Waals surface area contributed by atoms with E-state index in [1.54, 1.807) is 9.58 Å². The van der Waals surface area contributed by atoms with E-state index >= 15 is 0 Å². The minimum absolute atomic E-state index is 0.00460. The molecule has 0 spiro atoms. The van der Waals surface area contributed by atoms with Crippen LogP contribution in [0.3, 0.4) is 0 Å². The Labute approximate surface area is 188 Å². The van der Waals surface area contributed by atoms with Crippen molar-refractivity contribution >= 4 is 11.9 Å². The van der Waals surface area contributed by atoms with Crippen molar-refractivity contribution in [1.82, 2.24) is 30.1 Å². The van der Waals surface area contributed by atoms with Crippen molar-refractivity contribution < 1.29 is 14.3 Å². The van der Waals surface area contributed by atoms with Crippen molar-refractivity contribution in [1.29, 1.82) is 0 Å². The van der Waals surface area contributed by atoms with Gasteiger partial charge in [0.15, 0.2) is 5.69 Å². The highest BCUT2D eigenvalue weighted by Gasteiger charge is 2.30. The van der Waals surface area contributed by atoms with Gasteiger partial charge in [0.05, 0.1) is 23.6 Å². The predicted molar refractivity (Wildman–Crippen MR) is 120 cm³/mol. The molecule has 1 aromatic heterocycles. The number of benzene rings is 1. The number of fused-ring (bicyclic) bond motifs is 1. The van der Waals surface area contributed by atoms with E-state index in [1.165, 1.54) is 0 Å². The molecule has 4 rings (SSSR count). The Kier molecular flexibility index (Phi) is 6.19. The number of hydrogen-bond donors (Lipinski definition) is 1. The van der Waals surface area contributed by atoms with Crippen LogP contribution in [0.1, 0.15) is 55.0 Å². The molecule has 0 unspecified atom stereocenters. The van der Waals surface area contributed by atoms with Crippen molar-refractivity contribution in [2.45, 2.75) is 65.8 Å². The van der Waals surface area contributed by atoms with Gasteiger partial charge in [0.25, 0.3) is 5.91 Å². The molecule has 1 fully saturated rings. The Bertz CT molecular complexity index is 1010. The summed E-state index contributed by atoms with van der Waals surface area (Å²) in [5.41, 5.74) is 4.24. The van der Waals surface area contributed by atoms with Gasteiger partial charge in [0.2, 0.25) is 0 Å². The van der Waals surface area contributed by atoms with E-state index in [4.69, 9.17) is 4.74 Å². The maximum atomic E-state index is 13.2. The Balaban J connectivity index is 1.58. The van der Waals surface area contributed by atoms with Crippen molar-refractivity contribution in [3.05, 3.63) is 40.7 Å². The SMILES string of the molecule is Cc1c(C(=O)N2C[C@@H](C)O[C@H](C)C2)nnn1-c1cccc2c1CCN(C(=O)NC(C)C)C2. The second-order valence-electron chi connectivity index (χ2n) is 9.09. The van der Waals surface area contributed by atoms with E-state index in [1.807, 2.05) is 57.7 Å². The number of carbonyl (C=O) groups excluding carboxylic acids is 2. The van der Waals surface area contributed by atoms with Crippen molar-refractivity contribution in [2.24, 2.45) is 0 Å². The van der Waals surface area contributed by atoms with Gasteiger partial charge in [-0.3, -0.25) is 4.79 Å². The first kappa shape index (κ1) is 22.3. The molecular formula is C23H32N6O3. The van der Waals surface area contributed by atoms with Gasteiger partial charge in [-0.25, -0.2) is 9.48 Å². The monoisotopic (exact) mass is 440 g/mol. The fraction of sp³-hybridized carbons (Fsp3) is 0.565. The Hall–Kier alpha value is -2.94. The molecular weight excluding hydrogens is 408 g/mol. The smallest absolute Gasteiger partial charge is 0.317 e. The number of aromatic nitrogens is 3. The summed E-state index contributed by atoms with van der Waals surface area (Å²) < 4.78 is 7.50. The first-order valence-electron chi connectivity index (χ1n) is 11.3. The van der Waals surface area contributed by atoms with Crippen LogP contribution in [-0.4, -0.2) is 74.6 Å². The van der Waals surface area contributed by atoms with E-state index in [2.05, 4.69) is 15.6 Å². The van der Waals surface area contributed by atoms with Gasteiger partial charge >= 0.3 is 6.03 Å². The summed E-state index contributed by atoms with van der Waals surface area (Å²) >= 11 is 0. The number of ether oxygens (including phenoxy) is 1. The van der Waals surface area contributed by atoms with Crippen LogP contribution in [0.15, 0.2) is 18.2 Å². The maximum Gasteiger partial charge on any atom is 0.317 e. The highest BCUT2D eigenvalue weighted by Crippen LogP contribution is 2.27. The number of nitrogens with one attached hydrogen (secondary N) is 1. The van der Waals surface area contributed by atoms with Gasteiger partial charge in [-0.1, -0.05) is 17.3 Å².